The fourth-order valence-electron chi connectivity index (χ4n) is 4.56. The van der Waals surface area contributed by atoms with Crippen molar-refractivity contribution in [2.75, 3.05) is 6.61 Å². The van der Waals surface area contributed by atoms with Gasteiger partial charge in [0.15, 0.2) is 6.61 Å². The average molecular weight is 435 g/mol. The molecule has 1 heterocycles. The molecule has 0 aliphatic heterocycles. The number of fused-ring (bicyclic) bond motifs is 3. The van der Waals surface area contributed by atoms with Crippen LogP contribution in [0.25, 0.3) is 10.9 Å². The summed E-state index contributed by atoms with van der Waals surface area (Å²) in [7, 11) is 0. The Morgan fingerprint density at radius 3 is 2.47 bits per heavy atom. The number of carboxylic acid groups (broad SMARTS) is 1. The van der Waals surface area contributed by atoms with Gasteiger partial charge in [-0.3, -0.25) is 9.59 Å². The zero-order valence-corrected chi connectivity index (χ0v) is 17.5. The van der Waals surface area contributed by atoms with Crippen LogP contribution < -0.4 is 16.2 Å². The van der Waals surface area contributed by atoms with Crippen LogP contribution in [0.2, 0.25) is 0 Å². The van der Waals surface area contributed by atoms with E-state index in [1.54, 1.807) is 18.2 Å². The molecule has 0 saturated heterocycles. The van der Waals surface area contributed by atoms with Crippen molar-refractivity contribution in [2.45, 2.75) is 38.1 Å². The quantitative estimate of drug-likeness (QED) is 0.490. The van der Waals surface area contributed by atoms with Crippen LogP contribution >= 0.6 is 0 Å². The van der Waals surface area contributed by atoms with Crippen molar-refractivity contribution >= 4 is 28.7 Å². The van der Waals surface area contributed by atoms with Gasteiger partial charge in [-0.05, 0) is 54.7 Å². The van der Waals surface area contributed by atoms with Crippen LogP contribution in [0.15, 0.2) is 42.5 Å². The molecule has 1 aliphatic carbocycles. The van der Waals surface area contributed by atoms with E-state index in [2.05, 4.69) is 4.57 Å². The van der Waals surface area contributed by atoms with Crippen molar-refractivity contribution in [3.8, 4) is 5.75 Å². The third kappa shape index (κ3) is 4.03. The first-order valence-electron chi connectivity index (χ1n) is 10.5. The summed E-state index contributed by atoms with van der Waals surface area (Å²) in [5.74, 6) is -2.00. The maximum absolute atomic E-state index is 12.4. The molecule has 0 bridgehead atoms. The smallest absolute Gasteiger partial charge is 0.341 e. The maximum atomic E-state index is 12.4. The third-order valence-electron chi connectivity index (χ3n) is 5.98. The van der Waals surface area contributed by atoms with Gasteiger partial charge >= 0.3 is 5.97 Å². The van der Waals surface area contributed by atoms with E-state index in [-0.39, 0.29) is 0 Å². The minimum atomic E-state index is -1.08. The lowest BCUT2D eigenvalue weighted by atomic mass is 9.92. The number of aliphatic carboxylic acids is 1. The van der Waals surface area contributed by atoms with Gasteiger partial charge in [0, 0.05) is 23.2 Å². The molecular formula is C24H25N3O5. The minimum Gasteiger partial charge on any atom is -0.481 e. The van der Waals surface area contributed by atoms with E-state index in [0.29, 0.717) is 24.3 Å². The molecule has 1 aliphatic rings. The molecule has 32 heavy (non-hydrogen) atoms. The number of ether oxygens (including phenoxy) is 1. The predicted octanol–water partition coefficient (Wildman–Crippen LogP) is 2.55. The normalized spacial score (nSPS) is 15.7. The highest BCUT2D eigenvalue weighted by Gasteiger charge is 2.31. The number of carboxylic acids is 1. The number of carbonyl (C=O) groups excluding carboxylic acids is 2. The summed E-state index contributed by atoms with van der Waals surface area (Å²) in [5.41, 5.74) is 15.2. The van der Waals surface area contributed by atoms with Crippen molar-refractivity contribution in [3.63, 3.8) is 0 Å². The lowest BCUT2D eigenvalue weighted by Gasteiger charge is -2.14. The Kier molecular flexibility index (Phi) is 5.85. The first-order valence-corrected chi connectivity index (χ1v) is 10.5. The number of amides is 2. The number of carbonyl (C=O) groups is 3. The number of rotatable bonds is 7. The molecule has 0 spiro atoms. The van der Waals surface area contributed by atoms with Crippen LogP contribution in [0.1, 0.15) is 52.4 Å². The van der Waals surface area contributed by atoms with E-state index >= 15 is 0 Å². The second kappa shape index (κ2) is 8.74. The number of primary amides is 2. The molecule has 4 rings (SSSR count). The lowest BCUT2D eigenvalue weighted by molar-refractivity contribution is -0.139. The Balaban J connectivity index is 1.89. The van der Waals surface area contributed by atoms with Gasteiger partial charge in [-0.25, -0.2) is 4.79 Å². The second-order valence-corrected chi connectivity index (χ2v) is 8.04. The fourth-order valence-corrected chi connectivity index (χ4v) is 4.56. The number of nitrogens with two attached hydrogens (primary N) is 2. The molecule has 166 valence electrons. The molecule has 8 nitrogen and oxygen atoms in total. The molecule has 0 radical (unpaired) electrons. The Hall–Kier alpha value is -3.81. The summed E-state index contributed by atoms with van der Waals surface area (Å²) in [6, 6.07) is 12.6. The van der Waals surface area contributed by atoms with Crippen LogP contribution in [0.4, 0.5) is 0 Å². The SMILES string of the molecule is NC(=O)c1ccc(Cn2c3c(c4c(OCC(=O)O)cccc42)C(C(N)=O)CCCC3)cc1. The van der Waals surface area contributed by atoms with Gasteiger partial charge in [0.25, 0.3) is 0 Å². The lowest BCUT2D eigenvalue weighted by Crippen LogP contribution is -2.21. The maximum Gasteiger partial charge on any atom is 0.341 e. The van der Waals surface area contributed by atoms with Gasteiger partial charge in [0.2, 0.25) is 11.8 Å². The van der Waals surface area contributed by atoms with Crippen LogP contribution in [0.5, 0.6) is 5.75 Å². The Labute approximate surface area is 184 Å². The third-order valence-corrected chi connectivity index (χ3v) is 5.98. The van der Waals surface area contributed by atoms with E-state index in [4.69, 9.17) is 21.3 Å². The largest absolute Gasteiger partial charge is 0.481 e. The second-order valence-electron chi connectivity index (χ2n) is 8.04. The highest BCUT2D eigenvalue weighted by atomic mass is 16.5. The summed E-state index contributed by atoms with van der Waals surface area (Å²) in [6.07, 6.45) is 3.20. The van der Waals surface area contributed by atoms with Crippen LogP contribution in [-0.2, 0) is 22.6 Å². The molecular weight excluding hydrogens is 410 g/mol. The molecule has 0 fully saturated rings. The molecule has 2 amide bonds. The van der Waals surface area contributed by atoms with Gasteiger partial charge < -0.3 is 25.9 Å². The van der Waals surface area contributed by atoms with Crippen LogP contribution in [-0.4, -0.2) is 34.1 Å². The van der Waals surface area contributed by atoms with E-state index < -0.39 is 30.3 Å². The Bertz CT molecular complexity index is 1200. The number of nitrogens with zero attached hydrogens (tertiary/aromatic N) is 1. The van der Waals surface area contributed by atoms with Crippen molar-refractivity contribution in [2.24, 2.45) is 11.5 Å². The summed E-state index contributed by atoms with van der Waals surface area (Å²) >= 11 is 0. The Morgan fingerprint density at radius 1 is 1.06 bits per heavy atom. The van der Waals surface area contributed by atoms with E-state index in [1.807, 2.05) is 24.3 Å². The summed E-state index contributed by atoms with van der Waals surface area (Å²) < 4.78 is 7.74. The molecule has 2 aromatic carbocycles. The topological polar surface area (TPSA) is 138 Å². The van der Waals surface area contributed by atoms with E-state index in [0.717, 1.165) is 47.0 Å². The Morgan fingerprint density at radius 2 is 1.81 bits per heavy atom. The monoisotopic (exact) mass is 435 g/mol. The molecule has 1 unspecified atom stereocenters. The average Bonchev–Trinajstić information content (AvgIpc) is 2.92. The molecule has 1 atom stereocenters. The van der Waals surface area contributed by atoms with Gasteiger partial charge in [0.05, 0.1) is 11.4 Å². The van der Waals surface area contributed by atoms with E-state index in [9.17, 15) is 14.4 Å². The number of hydrogen-bond donors (Lipinski definition) is 3. The van der Waals surface area contributed by atoms with Gasteiger partial charge in [-0.15, -0.1) is 0 Å². The molecule has 8 heteroatoms. The fraction of sp³-hybridized carbons (Fsp3) is 0.292. The highest BCUT2D eigenvalue weighted by Crippen LogP contribution is 2.42. The van der Waals surface area contributed by atoms with Crippen LogP contribution in [0.3, 0.4) is 0 Å². The molecule has 3 aromatic rings. The zero-order chi connectivity index (χ0) is 22.8. The van der Waals surface area contributed by atoms with Gasteiger partial charge in [-0.1, -0.05) is 24.6 Å². The zero-order valence-electron chi connectivity index (χ0n) is 17.5. The van der Waals surface area contributed by atoms with Gasteiger partial charge in [-0.2, -0.15) is 0 Å². The molecule has 5 N–H and O–H groups in total. The number of hydrogen-bond acceptors (Lipinski definition) is 4. The first-order chi connectivity index (χ1) is 15.4. The number of benzene rings is 2. The standard InChI is InChI=1S/C24H25N3O5/c25-23(30)15-10-8-14(9-11-15)12-27-17-5-2-1-4-16(24(26)31)21(17)22-18(27)6-3-7-19(22)32-13-20(28)29/h3,6-11,16H,1-2,4-5,12-13H2,(H2,25,30)(H2,26,31)(H,28,29). The first kappa shape index (κ1) is 21.4. The summed E-state index contributed by atoms with van der Waals surface area (Å²) in [5, 5.41) is 9.83. The summed E-state index contributed by atoms with van der Waals surface area (Å²) in [6.45, 7) is 0.0353. The number of aromatic nitrogens is 1. The predicted molar refractivity (Wildman–Crippen MR) is 119 cm³/mol. The van der Waals surface area contributed by atoms with Crippen molar-refractivity contribution in [3.05, 3.63) is 64.8 Å². The van der Waals surface area contributed by atoms with Crippen LogP contribution in [0, 0.1) is 0 Å². The van der Waals surface area contributed by atoms with Crippen molar-refractivity contribution in [1.82, 2.24) is 4.57 Å². The van der Waals surface area contributed by atoms with E-state index in [1.165, 1.54) is 0 Å². The molecule has 1 aromatic heterocycles. The highest BCUT2D eigenvalue weighted by molar-refractivity contribution is 5.97. The van der Waals surface area contributed by atoms with Crippen molar-refractivity contribution < 1.29 is 24.2 Å². The minimum absolute atomic E-state index is 0.397. The van der Waals surface area contributed by atoms with Crippen molar-refractivity contribution in [1.29, 1.82) is 0 Å². The molecule has 0 saturated carbocycles. The summed E-state index contributed by atoms with van der Waals surface area (Å²) in [4.78, 5) is 34.9. The van der Waals surface area contributed by atoms with Gasteiger partial charge in [0.1, 0.15) is 5.75 Å².